The Labute approximate surface area is 153 Å². The van der Waals surface area contributed by atoms with Crippen LogP contribution in [0.1, 0.15) is 57.7 Å². The molecule has 1 aromatic carbocycles. The molecule has 0 unspecified atom stereocenters. The Hall–Kier alpha value is -2.09. The van der Waals surface area contributed by atoms with Gasteiger partial charge in [0.25, 0.3) is 0 Å². The van der Waals surface area contributed by atoms with Crippen molar-refractivity contribution in [2.24, 2.45) is 0 Å². The average Bonchev–Trinajstić information content (AvgIpc) is 2.66. The number of unbranched alkanes of at least 4 members (excludes halogenated alkanes) is 3. The van der Waals surface area contributed by atoms with Crippen molar-refractivity contribution < 1.29 is 4.57 Å². The van der Waals surface area contributed by atoms with Gasteiger partial charge in [-0.25, -0.2) is 0 Å². The van der Waals surface area contributed by atoms with Crippen LogP contribution < -0.4 is 9.47 Å². The van der Waals surface area contributed by atoms with Crippen molar-refractivity contribution in [3.05, 3.63) is 59.9 Å². The zero-order valence-corrected chi connectivity index (χ0v) is 16.1. The molecule has 0 aliphatic heterocycles. The van der Waals surface area contributed by atoms with Gasteiger partial charge in [-0.2, -0.15) is 4.57 Å². The number of benzene rings is 1. The van der Waals surface area contributed by atoms with E-state index >= 15 is 0 Å². The smallest absolute Gasteiger partial charge is 0.205 e. The summed E-state index contributed by atoms with van der Waals surface area (Å²) in [7, 11) is 0. The van der Waals surface area contributed by atoms with Gasteiger partial charge in [-0.1, -0.05) is 31.9 Å². The third kappa shape index (κ3) is 6.04. The summed E-state index contributed by atoms with van der Waals surface area (Å²) in [5.74, 6) is 0. The molecule has 2 rings (SSSR count). The maximum Gasteiger partial charge on any atom is 0.205 e. The van der Waals surface area contributed by atoms with Crippen LogP contribution in [0.3, 0.4) is 0 Å². The first kappa shape index (κ1) is 19.2. The summed E-state index contributed by atoms with van der Waals surface area (Å²) in [6, 6.07) is 15.3. The molecule has 2 aromatic rings. The van der Waals surface area contributed by atoms with Gasteiger partial charge in [0, 0.05) is 43.4 Å². The fourth-order valence-corrected chi connectivity index (χ4v) is 3.12. The first-order valence-corrected chi connectivity index (χ1v) is 9.80. The molecule has 0 fully saturated rings. The number of aromatic nitrogens is 1. The fourth-order valence-electron chi connectivity index (χ4n) is 3.12. The van der Waals surface area contributed by atoms with Crippen LogP contribution >= 0.6 is 0 Å². The summed E-state index contributed by atoms with van der Waals surface area (Å²) >= 11 is 0. The van der Waals surface area contributed by atoms with E-state index in [1.54, 1.807) is 0 Å². The molecular formula is C23H33N2+. The lowest BCUT2D eigenvalue weighted by atomic mass is 10.1. The van der Waals surface area contributed by atoms with Crippen molar-refractivity contribution in [3.63, 3.8) is 0 Å². The molecule has 0 saturated carbocycles. The molecule has 0 spiro atoms. The molecule has 0 bridgehead atoms. The van der Waals surface area contributed by atoms with E-state index in [0.29, 0.717) is 0 Å². The van der Waals surface area contributed by atoms with Crippen LogP contribution in [0, 0.1) is 0 Å². The Morgan fingerprint density at radius 2 is 1.60 bits per heavy atom. The van der Waals surface area contributed by atoms with Crippen LogP contribution in [0.2, 0.25) is 0 Å². The summed E-state index contributed by atoms with van der Waals surface area (Å²) in [6.45, 7) is 9.86. The van der Waals surface area contributed by atoms with Crippen LogP contribution in [0.5, 0.6) is 0 Å². The second kappa shape index (κ2) is 10.7. The molecule has 0 radical (unpaired) electrons. The van der Waals surface area contributed by atoms with Crippen LogP contribution in [-0.2, 0) is 6.54 Å². The first-order chi connectivity index (χ1) is 12.3. The molecule has 0 atom stereocenters. The Morgan fingerprint density at radius 3 is 2.28 bits per heavy atom. The van der Waals surface area contributed by atoms with Gasteiger partial charge in [-0.05, 0) is 50.1 Å². The Kier molecular flexibility index (Phi) is 8.24. The molecule has 0 amide bonds. The molecule has 0 aliphatic carbocycles. The monoisotopic (exact) mass is 337 g/mol. The third-order valence-electron chi connectivity index (χ3n) is 4.70. The fraction of sp³-hybridized carbons (Fsp3) is 0.435. The maximum atomic E-state index is 2.37. The number of anilines is 1. The van der Waals surface area contributed by atoms with Gasteiger partial charge in [0.1, 0.15) is 6.54 Å². The lowest BCUT2D eigenvalue weighted by molar-refractivity contribution is -0.699. The number of hydrogen-bond acceptors (Lipinski definition) is 1. The summed E-state index contributed by atoms with van der Waals surface area (Å²) in [5, 5.41) is 0. The summed E-state index contributed by atoms with van der Waals surface area (Å²) in [5.41, 5.74) is 3.82. The summed E-state index contributed by atoms with van der Waals surface area (Å²) in [4.78, 5) is 2.37. The first-order valence-electron chi connectivity index (χ1n) is 9.80. The van der Waals surface area contributed by atoms with Gasteiger partial charge in [-0.15, -0.1) is 0 Å². The van der Waals surface area contributed by atoms with Crippen LogP contribution in [0.4, 0.5) is 5.69 Å². The second-order valence-electron chi connectivity index (χ2n) is 6.48. The highest BCUT2D eigenvalue weighted by Crippen LogP contribution is 2.16. The Morgan fingerprint density at radius 1 is 0.840 bits per heavy atom. The van der Waals surface area contributed by atoms with Gasteiger partial charge >= 0.3 is 0 Å². The highest BCUT2D eigenvalue weighted by Gasteiger charge is 2.06. The molecular weight excluding hydrogens is 304 g/mol. The molecule has 0 saturated heterocycles. The van der Waals surface area contributed by atoms with Gasteiger partial charge in [0.05, 0.1) is 0 Å². The van der Waals surface area contributed by atoms with Gasteiger partial charge < -0.3 is 4.90 Å². The standard InChI is InChI=1S/C23H33N2/c1-4-7-8-10-19-25-20-11-9-12-22(25)16-13-21-14-17-23(18-15-21)24(5-2)6-3/h9,11-18,20H,4-8,10,19H2,1-3H3/q+1. The topological polar surface area (TPSA) is 7.12 Å². The predicted octanol–water partition coefficient (Wildman–Crippen LogP) is 5.57. The summed E-state index contributed by atoms with van der Waals surface area (Å²) < 4.78 is 2.36. The zero-order chi connectivity index (χ0) is 17.9. The number of hydrogen-bond donors (Lipinski definition) is 0. The molecule has 1 aromatic heterocycles. The number of pyridine rings is 1. The van der Waals surface area contributed by atoms with Crippen molar-refractivity contribution in [3.8, 4) is 0 Å². The van der Waals surface area contributed by atoms with Crippen LogP contribution in [0.15, 0.2) is 48.7 Å². The van der Waals surface area contributed by atoms with E-state index in [4.69, 9.17) is 0 Å². The van der Waals surface area contributed by atoms with E-state index in [1.807, 2.05) is 0 Å². The quantitative estimate of drug-likeness (QED) is 0.406. The van der Waals surface area contributed by atoms with Crippen molar-refractivity contribution >= 4 is 17.8 Å². The van der Waals surface area contributed by atoms with Gasteiger partial charge in [0.2, 0.25) is 5.69 Å². The maximum absolute atomic E-state index is 2.37. The molecule has 2 nitrogen and oxygen atoms in total. The van der Waals surface area contributed by atoms with Crippen LogP contribution in [-0.4, -0.2) is 13.1 Å². The van der Waals surface area contributed by atoms with E-state index < -0.39 is 0 Å². The Bertz CT molecular complexity index is 639. The molecule has 1 heterocycles. The largest absolute Gasteiger partial charge is 0.372 e. The van der Waals surface area contributed by atoms with Crippen molar-refractivity contribution in [2.75, 3.05) is 18.0 Å². The minimum absolute atomic E-state index is 1.05. The molecule has 0 aliphatic rings. The predicted molar refractivity (Wildman–Crippen MR) is 110 cm³/mol. The minimum atomic E-state index is 1.05. The molecule has 2 heteroatoms. The minimum Gasteiger partial charge on any atom is -0.372 e. The van der Waals surface area contributed by atoms with Crippen LogP contribution in [0.25, 0.3) is 12.2 Å². The van der Waals surface area contributed by atoms with Crippen molar-refractivity contribution in [2.45, 2.75) is 53.0 Å². The lowest BCUT2D eigenvalue weighted by Crippen LogP contribution is -2.36. The van der Waals surface area contributed by atoms with E-state index in [1.165, 1.54) is 42.6 Å². The number of aryl methyl sites for hydroxylation is 1. The SMILES string of the molecule is CCCCCC[n+]1ccccc1/C=C/c1ccc(N(CC)CC)cc1. The van der Waals surface area contributed by atoms with E-state index in [0.717, 1.165) is 19.6 Å². The molecule has 25 heavy (non-hydrogen) atoms. The zero-order valence-electron chi connectivity index (χ0n) is 16.1. The van der Waals surface area contributed by atoms with Crippen molar-refractivity contribution in [1.29, 1.82) is 0 Å². The van der Waals surface area contributed by atoms with Gasteiger partial charge in [0.15, 0.2) is 6.20 Å². The molecule has 0 N–H and O–H groups in total. The molecule has 134 valence electrons. The number of rotatable bonds is 10. The Balaban J connectivity index is 2.03. The van der Waals surface area contributed by atoms with E-state index in [-0.39, 0.29) is 0 Å². The second-order valence-corrected chi connectivity index (χ2v) is 6.48. The normalized spacial score (nSPS) is 11.2. The lowest BCUT2D eigenvalue weighted by Gasteiger charge is -2.20. The number of nitrogens with zero attached hydrogens (tertiary/aromatic N) is 2. The third-order valence-corrected chi connectivity index (χ3v) is 4.70. The van der Waals surface area contributed by atoms with Crippen molar-refractivity contribution in [1.82, 2.24) is 0 Å². The van der Waals surface area contributed by atoms with E-state index in [2.05, 4.69) is 91.1 Å². The van der Waals surface area contributed by atoms with Gasteiger partial charge in [-0.3, -0.25) is 0 Å². The highest BCUT2D eigenvalue weighted by molar-refractivity contribution is 5.68. The summed E-state index contributed by atoms with van der Waals surface area (Å²) in [6.07, 6.45) is 11.8. The highest BCUT2D eigenvalue weighted by atomic mass is 15.1. The van der Waals surface area contributed by atoms with E-state index in [9.17, 15) is 0 Å². The average molecular weight is 338 g/mol.